The predicted octanol–water partition coefficient (Wildman–Crippen LogP) is 5.37. The number of amides is 1. The smallest absolute Gasteiger partial charge is 0.416 e. The molecule has 0 aliphatic heterocycles. The number of carbonyl (C=O) groups is 2. The first-order valence-electron chi connectivity index (χ1n) is 11.0. The molecule has 35 heavy (non-hydrogen) atoms. The number of nitrogens with one attached hydrogen (secondary N) is 1. The Hall–Kier alpha value is -3.88. The van der Waals surface area contributed by atoms with Crippen molar-refractivity contribution >= 4 is 11.9 Å². The predicted molar refractivity (Wildman–Crippen MR) is 124 cm³/mol. The Labute approximate surface area is 200 Å². The molecule has 0 saturated heterocycles. The number of carboxylic acids is 1. The molecule has 0 bridgehead atoms. The van der Waals surface area contributed by atoms with Gasteiger partial charge in [0.1, 0.15) is 17.9 Å². The van der Waals surface area contributed by atoms with Gasteiger partial charge in [-0.3, -0.25) is 14.6 Å². The summed E-state index contributed by atoms with van der Waals surface area (Å²) < 4.78 is 44.3. The number of aromatic nitrogens is 1. The number of alkyl halides is 3. The molecule has 0 spiro atoms. The first-order chi connectivity index (χ1) is 16.6. The molecule has 1 heterocycles. The van der Waals surface area contributed by atoms with Gasteiger partial charge in [-0.25, -0.2) is 0 Å². The minimum atomic E-state index is -4.38. The third-order valence-corrected chi connectivity index (χ3v) is 5.39. The monoisotopic (exact) mass is 486 g/mol. The van der Waals surface area contributed by atoms with Crippen LogP contribution in [0.2, 0.25) is 0 Å². The minimum absolute atomic E-state index is 0.166. The number of nitrogens with zero attached hydrogens (tertiary/aromatic N) is 1. The highest BCUT2D eigenvalue weighted by molar-refractivity contribution is 5.96. The van der Waals surface area contributed by atoms with Gasteiger partial charge in [-0.2, -0.15) is 13.2 Å². The lowest BCUT2D eigenvalue weighted by atomic mass is 10.0. The van der Waals surface area contributed by atoms with Crippen LogP contribution in [-0.2, 0) is 17.4 Å². The van der Waals surface area contributed by atoms with Gasteiger partial charge in [-0.05, 0) is 61.4 Å². The summed E-state index contributed by atoms with van der Waals surface area (Å²) in [6, 6.07) is 13.9. The fourth-order valence-electron chi connectivity index (χ4n) is 3.30. The van der Waals surface area contributed by atoms with Crippen LogP contribution in [-0.4, -0.2) is 34.1 Å². The van der Waals surface area contributed by atoms with Gasteiger partial charge < -0.3 is 15.2 Å². The number of halogens is 3. The van der Waals surface area contributed by atoms with Gasteiger partial charge in [-0.1, -0.05) is 25.1 Å². The molecule has 2 N–H and O–H groups in total. The van der Waals surface area contributed by atoms with E-state index in [2.05, 4.69) is 10.3 Å². The molecule has 1 aromatic heterocycles. The molecule has 9 heteroatoms. The summed E-state index contributed by atoms with van der Waals surface area (Å²) in [6.07, 6.45) is -1.60. The average molecular weight is 486 g/mol. The lowest BCUT2D eigenvalue weighted by Gasteiger charge is -2.18. The van der Waals surface area contributed by atoms with Crippen LogP contribution in [0.5, 0.6) is 5.75 Å². The molecule has 2 aromatic carbocycles. The SMILES string of the molecule is CCC(Cc1ccc(-c2ccc(C(F)(F)F)cc2)nc1)Oc1ccc(C(=O)NC(C)C(=O)O)cc1. The van der Waals surface area contributed by atoms with Crippen molar-refractivity contribution in [1.29, 1.82) is 0 Å². The summed E-state index contributed by atoms with van der Waals surface area (Å²) >= 11 is 0. The summed E-state index contributed by atoms with van der Waals surface area (Å²) in [6.45, 7) is 3.36. The van der Waals surface area contributed by atoms with Gasteiger partial charge in [0, 0.05) is 23.7 Å². The van der Waals surface area contributed by atoms with E-state index >= 15 is 0 Å². The largest absolute Gasteiger partial charge is 0.490 e. The summed E-state index contributed by atoms with van der Waals surface area (Å²) in [5.41, 5.74) is 1.69. The quantitative estimate of drug-likeness (QED) is 0.425. The van der Waals surface area contributed by atoms with Crippen LogP contribution in [0.1, 0.15) is 41.8 Å². The summed E-state index contributed by atoms with van der Waals surface area (Å²) in [7, 11) is 0. The maximum atomic E-state index is 12.7. The lowest BCUT2D eigenvalue weighted by Crippen LogP contribution is -2.38. The van der Waals surface area contributed by atoms with Gasteiger partial charge in [0.05, 0.1) is 11.3 Å². The molecule has 184 valence electrons. The van der Waals surface area contributed by atoms with Crippen LogP contribution in [0.25, 0.3) is 11.3 Å². The Morgan fingerprint density at radius 2 is 1.69 bits per heavy atom. The second-order valence-corrected chi connectivity index (χ2v) is 8.04. The van der Waals surface area contributed by atoms with E-state index in [-0.39, 0.29) is 6.10 Å². The van der Waals surface area contributed by atoms with Crippen LogP contribution in [0.4, 0.5) is 13.2 Å². The molecule has 2 unspecified atom stereocenters. The van der Waals surface area contributed by atoms with Crippen molar-refractivity contribution in [1.82, 2.24) is 10.3 Å². The maximum absolute atomic E-state index is 12.7. The second kappa shape index (κ2) is 11.0. The molecular weight excluding hydrogens is 461 g/mol. The zero-order valence-electron chi connectivity index (χ0n) is 19.2. The molecule has 6 nitrogen and oxygen atoms in total. The lowest BCUT2D eigenvalue weighted by molar-refractivity contribution is -0.139. The standard InChI is InChI=1S/C26H25F3N2O4/c1-3-21(35-22-11-7-19(8-12-22)24(32)31-16(2)25(33)34)14-17-4-13-23(30-15-17)18-5-9-20(10-6-18)26(27,28)29/h4-13,15-16,21H,3,14H2,1-2H3,(H,31,32)(H,33,34). The molecular formula is C26H25F3N2O4. The zero-order chi connectivity index (χ0) is 25.6. The van der Waals surface area contributed by atoms with Gasteiger partial charge in [-0.15, -0.1) is 0 Å². The normalized spacial score (nSPS) is 13.1. The average Bonchev–Trinajstić information content (AvgIpc) is 2.84. The molecule has 0 radical (unpaired) electrons. The van der Waals surface area contributed by atoms with Crippen LogP contribution >= 0.6 is 0 Å². The van der Waals surface area contributed by atoms with Crippen molar-refractivity contribution in [2.45, 2.75) is 45.0 Å². The number of ether oxygens (including phenoxy) is 1. The number of benzene rings is 2. The Morgan fingerprint density at radius 3 is 2.20 bits per heavy atom. The van der Waals surface area contributed by atoms with Crippen LogP contribution in [0.15, 0.2) is 66.9 Å². The third-order valence-electron chi connectivity index (χ3n) is 5.39. The molecule has 2 atom stereocenters. The van der Waals surface area contributed by atoms with Crippen molar-refractivity contribution < 1.29 is 32.6 Å². The van der Waals surface area contributed by atoms with Crippen molar-refractivity contribution in [3.63, 3.8) is 0 Å². The Morgan fingerprint density at radius 1 is 1.03 bits per heavy atom. The molecule has 1 amide bonds. The molecule has 0 saturated carbocycles. The van der Waals surface area contributed by atoms with Gasteiger partial charge in [0.15, 0.2) is 0 Å². The Bertz CT molecular complexity index is 1150. The summed E-state index contributed by atoms with van der Waals surface area (Å²) in [5.74, 6) is -1.04. The minimum Gasteiger partial charge on any atom is -0.490 e. The molecule has 0 fully saturated rings. The highest BCUT2D eigenvalue weighted by Gasteiger charge is 2.30. The van der Waals surface area contributed by atoms with E-state index in [9.17, 15) is 22.8 Å². The number of carboxylic acid groups (broad SMARTS) is 1. The van der Waals surface area contributed by atoms with Gasteiger partial charge >= 0.3 is 12.1 Å². The van der Waals surface area contributed by atoms with E-state index in [0.717, 1.165) is 17.7 Å². The Balaban J connectivity index is 1.60. The van der Waals surface area contributed by atoms with E-state index < -0.39 is 29.7 Å². The van der Waals surface area contributed by atoms with Gasteiger partial charge in [0.2, 0.25) is 0 Å². The number of rotatable bonds is 9. The highest BCUT2D eigenvalue weighted by Crippen LogP contribution is 2.30. The van der Waals surface area contributed by atoms with Gasteiger partial charge in [0.25, 0.3) is 5.91 Å². The fraction of sp³-hybridized carbons (Fsp3) is 0.269. The molecule has 0 aliphatic carbocycles. The van der Waals surface area contributed by atoms with Crippen LogP contribution < -0.4 is 10.1 Å². The van der Waals surface area contributed by atoms with Crippen LogP contribution in [0.3, 0.4) is 0 Å². The topological polar surface area (TPSA) is 88.5 Å². The number of carbonyl (C=O) groups excluding carboxylic acids is 1. The van der Waals surface area contributed by atoms with Crippen molar-refractivity contribution in [2.24, 2.45) is 0 Å². The fourth-order valence-corrected chi connectivity index (χ4v) is 3.30. The van der Waals surface area contributed by atoms with E-state index in [1.54, 1.807) is 36.5 Å². The van der Waals surface area contributed by atoms with Crippen molar-refractivity contribution in [3.8, 4) is 17.0 Å². The number of hydrogen-bond acceptors (Lipinski definition) is 4. The molecule has 3 aromatic rings. The molecule has 0 aliphatic rings. The molecule has 3 rings (SSSR count). The van der Waals surface area contributed by atoms with Crippen molar-refractivity contribution in [2.75, 3.05) is 0 Å². The van der Waals surface area contributed by atoms with E-state index in [1.165, 1.54) is 19.1 Å². The van der Waals surface area contributed by atoms with Crippen molar-refractivity contribution in [3.05, 3.63) is 83.6 Å². The summed E-state index contributed by atoms with van der Waals surface area (Å²) in [5, 5.41) is 11.3. The Kier molecular flexibility index (Phi) is 8.11. The zero-order valence-corrected chi connectivity index (χ0v) is 19.2. The maximum Gasteiger partial charge on any atom is 0.416 e. The second-order valence-electron chi connectivity index (χ2n) is 8.04. The number of aliphatic carboxylic acids is 1. The van der Waals surface area contributed by atoms with E-state index in [4.69, 9.17) is 9.84 Å². The summed E-state index contributed by atoms with van der Waals surface area (Å²) in [4.78, 5) is 27.4. The van der Waals surface area contributed by atoms with Crippen LogP contribution in [0, 0.1) is 0 Å². The van der Waals surface area contributed by atoms with E-state index in [0.29, 0.717) is 35.4 Å². The van der Waals surface area contributed by atoms with E-state index in [1.807, 2.05) is 13.0 Å². The third kappa shape index (κ3) is 7.05. The number of hydrogen-bond donors (Lipinski definition) is 2. The number of pyridine rings is 1. The first-order valence-corrected chi connectivity index (χ1v) is 11.0. The first kappa shape index (κ1) is 25.7. The highest BCUT2D eigenvalue weighted by atomic mass is 19.4.